The Morgan fingerprint density at radius 2 is 1.82 bits per heavy atom. The topological polar surface area (TPSA) is 54.5 Å². The Bertz CT molecular complexity index is 724. The van der Waals surface area contributed by atoms with Crippen LogP contribution in [0.4, 0.5) is 5.82 Å². The van der Waals surface area contributed by atoms with Gasteiger partial charge in [-0.1, -0.05) is 18.2 Å². The van der Waals surface area contributed by atoms with Crippen molar-refractivity contribution in [2.75, 3.05) is 38.1 Å². The van der Waals surface area contributed by atoms with Gasteiger partial charge in [0.1, 0.15) is 5.82 Å². The zero-order valence-corrected chi connectivity index (χ0v) is 13.1. The number of piperazine rings is 1. The van der Waals surface area contributed by atoms with Crippen LogP contribution in [0.1, 0.15) is 5.56 Å². The second kappa shape index (κ2) is 5.85. The van der Waals surface area contributed by atoms with E-state index >= 15 is 0 Å². The van der Waals surface area contributed by atoms with E-state index in [0.29, 0.717) is 0 Å². The third kappa shape index (κ3) is 2.60. The van der Waals surface area contributed by atoms with Gasteiger partial charge in [-0.05, 0) is 19.2 Å². The van der Waals surface area contributed by atoms with E-state index in [1.807, 2.05) is 18.2 Å². The van der Waals surface area contributed by atoms with Crippen LogP contribution in [0.2, 0.25) is 0 Å². The van der Waals surface area contributed by atoms with Gasteiger partial charge in [-0.25, -0.2) is 0 Å². The number of amides is 1. The molecule has 2 N–H and O–H groups in total. The fourth-order valence-corrected chi connectivity index (χ4v) is 3.14. The summed E-state index contributed by atoms with van der Waals surface area (Å²) in [5, 5.41) is 1.15. The van der Waals surface area contributed by atoms with Crippen LogP contribution in [0, 0.1) is 0 Å². The molecule has 0 unspecified atom stereocenters. The van der Waals surface area contributed by atoms with Crippen LogP contribution in [-0.2, 0) is 11.8 Å². The van der Waals surface area contributed by atoms with Crippen LogP contribution in [0.25, 0.3) is 17.0 Å². The van der Waals surface area contributed by atoms with E-state index in [1.165, 1.54) is 11.6 Å². The number of hydrogen-bond donors (Lipinski definition) is 1. The van der Waals surface area contributed by atoms with E-state index < -0.39 is 5.91 Å². The van der Waals surface area contributed by atoms with Gasteiger partial charge in [-0.15, -0.1) is 0 Å². The van der Waals surface area contributed by atoms with E-state index in [1.54, 1.807) is 0 Å². The molecule has 5 heteroatoms. The van der Waals surface area contributed by atoms with Gasteiger partial charge >= 0.3 is 0 Å². The van der Waals surface area contributed by atoms with Crippen molar-refractivity contribution in [3.05, 3.63) is 35.9 Å². The Morgan fingerprint density at radius 1 is 1.14 bits per heavy atom. The van der Waals surface area contributed by atoms with Gasteiger partial charge in [-0.3, -0.25) is 4.79 Å². The normalized spacial score (nSPS) is 16.7. The summed E-state index contributed by atoms with van der Waals surface area (Å²) in [5.41, 5.74) is 7.52. The summed E-state index contributed by atoms with van der Waals surface area (Å²) in [6.07, 6.45) is 3.29. The molecule has 1 aliphatic rings. The lowest BCUT2D eigenvalue weighted by Gasteiger charge is -2.34. The number of hydrogen-bond acceptors (Lipinski definition) is 3. The molecule has 1 amide bonds. The molecule has 1 aromatic heterocycles. The van der Waals surface area contributed by atoms with Crippen LogP contribution in [-0.4, -0.2) is 48.6 Å². The van der Waals surface area contributed by atoms with Gasteiger partial charge in [0.15, 0.2) is 0 Å². The van der Waals surface area contributed by atoms with Gasteiger partial charge in [0.05, 0.1) is 0 Å². The largest absolute Gasteiger partial charge is 0.366 e. The number of para-hydroxylation sites is 1. The van der Waals surface area contributed by atoms with Gasteiger partial charge < -0.3 is 20.1 Å². The molecule has 1 saturated heterocycles. The molecule has 0 aliphatic carbocycles. The third-order valence-electron chi connectivity index (χ3n) is 4.33. The summed E-state index contributed by atoms with van der Waals surface area (Å²) in [6.45, 7) is 4.05. The van der Waals surface area contributed by atoms with Gasteiger partial charge in [0, 0.05) is 55.8 Å². The molecule has 1 aliphatic heterocycles. The number of rotatable bonds is 3. The highest BCUT2D eigenvalue weighted by Crippen LogP contribution is 2.33. The molecule has 1 aromatic carbocycles. The Kier molecular flexibility index (Phi) is 3.90. The summed E-state index contributed by atoms with van der Waals surface area (Å²) < 4.78 is 2.21. The molecule has 0 radical (unpaired) electrons. The Labute approximate surface area is 130 Å². The zero-order valence-electron chi connectivity index (χ0n) is 13.1. The second-order valence-electron chi connectivity index (χ2n) is 5.84. The highest BCUT2D eigenvalue weighted by Gasteiger charge is 2.21. The van der Waals surface area contributed by atoms with Gasteiger partial charge in [0.2, 0.25) is 5.91 Å². The molecule has 2 heterocycles. The molecule has 0 spiro atoms. The quantitative estimate of drug-likeness (QED) is 0.872. The van der Waals surface area contributed by atoms with E-state index in [-0.39, 0.29) is 0 Å². The summed E-state index contributed by atoms with van der Waals surface area (Å²) in [5.74, 6) is 0.740. The maximum absolute atomic E-state index is 11.2. The number of nitrogens with zero attached hydrogens (tertiary/aromatic N) is 3. The number of aryl methyl sites for hydroxylation is 1. The van der Waals surface area contributed by atoms with E-state index in [9.17, 15) is 4.79 Å². The number of nitrogens with two attached hydrogens (primary N) is 1. The lowest BCUT2D eigenvalue weighted by atomic mass is 10.1. The van der Waals surface area contributed by atoms with E-state index in [2.05, 4.69) is 40.6 Å². The van der Waals surface area contributed by atoms with Crippen molar-refractivity contribution in [1.29, 1.82) is 0 Å². The van der Waals surface area contributed by atoms with E-state index in [0.717, 1.165) is 42.9 Å². The highest BCUT2D eigenvalue weighted by molar-refractivity contribution is 6.00. The first-order valence-corrected chi connectivity index (χ1v) is 7.56. The molecule has 0 saturated carbocycles. The van der Waals surface area contributed by atoms with Crippen LogP contribution >= 0.6 is 0 Å². The van der Waals surface area contributed by atoms with Crippen LogP contribution in [0.5, 0.6) is 0 Å². The lowest BCUT2D eigenvalue weighted by Crippen LogP contribution is -2.45. The molecule has 116 valence electrons. The average molecular weight is 298 g/mol. The predicted octanol–water partition coefficient (Wildman–Crippen LogP) is 1.43. The van der Waals surface area contributed by atoms with Gasteiger partial charge in [0.25, 0.3) is 0 Å². The summed E-state index contributed by atoms with van der Waals surface area (Å²) in [7, 11) is 4.23. The molecule has 2 aromatic rings. The molecule has 5 nitrogen and oxygen atoms in total. The highest BCUT2D eigenvalue weighted by atomic mass is 16.1. The fourth-order valence-electron chi connectivity index (χ4n) is 3.14. The van der Waals surface area contributed by atoms with Crippen molar-refractivity contribution in [3.8, 4) is 0 Å². The minimum absolute atomic E-state index is 0.419. The van der Waals surface area contributed by atoms with Crippen LogP contribution < -0.4 is 10.6 Å². The molecule has 22 heavy (non-hydrogen) atoms. The van der Waals surface area contributed by atoms with Crippen molar-refractivity contribution in [3.63, 3.8) is 0 Å². The number of aromatic nitrogens is 1. The summed E-state index contributed by atoms with van der Waals surface area (Å²) in [6, 6.07) is 8.27. The Hall–Kier alpha value is -2.27. The Balaban J connectivity index is 2.12. The Morgan fingerprint density at radius 3 is 2.50 bits per heavy atom. The number of anilines is 1. The predicted molar refractivity (Wildman–Crippen MR) is 90.9 cm³/mol. The van der Waals surface area contributed by atoms with Crippen molar-refractivity contribution in [1.82, 2.24) is 9.47 Å². The first-order valence-electron chi connectivity index (χ1n) is 7.56. The minimum Gasteiger partial charge on any atom is -0.366 e. The molecular formula is C17H22N4O. The number of primary amides is 1. The number of fused-ring (bicyclic) bond motifs is 1. The maximum Gasteiger partial charge on any atom is 0.241 e. The molecule has 0 atom stereocenters. The van der Waals surface area contributed by atoms with Crippen LogP contribution in [0.3, 0.4) is 0 Å². The van der Waals surface area contributed by atoms with Crippen LogP contribution in [0.15, 0.2) is 30.3 Å². The molecule has 0 bridgehead atoms. The number of likely N-dealkylation sites (N-methyl/N-ethyl adjacent to an activating group) is 1. The third-order valence-corrected chi connectivity index (χ3v) is 4.33. The fraction of sp³-hybridized carbons (Fsp3) is 0.353. The minimum atomic E-state index is -0.419. The van der Waals surface area contributed by atoms with Crippen molar-refractivity contribution < 1.29 is 4.79 Å². The zero-order chi connectivity index (χ0) is 15.7. The molecular weight excluding hydrogens is 276 g/mol. The van der Waals surface area contributed by atoms with Gasteiger partial charge in [-0.2, -0.15) is 0 Å². The molecule has 1 fully saturated rings. The number of benzene rings is 1. The SMILES string of the molecule is CN1CCN(c2c(/C=C\C(N)=O)c3ccccc3n2C)CC1. The molecule has 3 rings (SSSR count). The number of carbonyl (C=O) groups excluding carboxylic acids is 1. The first kappa shape index (κ1) is 14.7. The van der Waals surface area contributed by atoms with Crippen molar-refractivity contribution >= 4 is 28.7 Å². The lowest BCUT2D eigenvalue weighted by molar-refractivity contribution is -0.113. The average Bonchev–Trinajstić information content (AvgIpc) is 2.79. The second-order valence-corrected chi connectivity index (χ2v) is 5.84. The summed E-state index contributed by atoms with van der Waals surface area (Å²) in [4.78, 5) is 15.9. The number of carbonyl (C=O) groups is 1. The smallest absolute Gasteiger partial charge is 0.241 e. The first-order chi connectivity index (χ1) is 10.6. The van der Waals surface area contributed by atoms with Crippen molar-refractivity contribution in [2.45, 2.75) is 0 Å². The standard InChI is InChI=1S/C17H22N4O/c1-19-9-11-21(12-10-19)17-14(7-8-16(18)22)13-5-3-4-6-15(13)20(17)2/h3-8H,9-12H2,1-2H3,(H2,18,22)/b8-7-. The van der Waals surface area contributed by atoms with Crippen molar-refractivity contribution in [2.24, 2.45) is 12.8 Å². The maximum atomic E-state index is 11.2. The summed E-state index contributed by atoms with van der Waals surface area (Å²) >= 11 is 0. The van der Waals surface area contributed by atoms with E-state index in [4.69, 9.17) is 5.73 Å². The monoisotopic (exact) mass is 298 g/mol.